The smallest absolute Gasteiger partial charge is 0.225 e. The highest BCUT2D eigenvalue weighted by Crippen LogP contribution is 2.14. The van der Waals surface area contributed by atoms with E-state index in [1.54, 1.807) is 12.3 Å². The summed E-state index contributed by atoms with van der Waals surface area (Å²) in [5, 5.41) is 0. The Labute approximate surface area is 125 Å². The average Bonchev–Trinajstić information content (AvgIpc) is 2.41. The lowest BCUT2D eigenvalue weighted by molar-refractivity contribution is 0.864. The van der Waals surface area contributed by atoms with Gasteiger partial charge in [-0.15, -0.1) is 0 Å². The van der Waals surface area contributed by atoms with Crippen molar-refractivity contribution < 1.29 is 0 Å². The van der Waals surface area contributed by atoms with Crippen LogP contribution in [-0.2, 0) is 6.54 Å². The van der Waals surface area contributed by atoms with Crippen molar-refractivity contribution in [2.24, 2.45) is 5.73 Å². The van der Waals surface area contributed by atoms with Crippen LogP contribution in [0.3, 0.4) is 0 Å². The average molecular weight is 337 g/mol. The van der Waals surface area contributed by atoms with Gasteiger partial charge in [0, 0.05) is 24.3 Å². The molecule has 0 bridgehead atoms. The molecule has 0 amide bonds. The summed E-state index contributed by atoms with van der Waals surface area (Å²) < 4.78 is 1.06. The minimum Gasteiger partial charge on any atom is -0.388 e. The molecule has 2 aromatic rings. The number of benzene rings is 1. The van der Waals surface area contributed by atoms with Gasteiger partial charge in [-0.3, -0.25) is 0 Å². The fourth-order valence-electron chi connectivity index (χ4n) is 1.60. The second-order valence-corrected chi connectivity index (χ2v) is 5.44. The van der Waals surface area contributed by atoms with E-state index in [0.717, 1.165) is 4.47 Å². The maximum atomic E-state index is 5.57. The van der Waals surface area contributed by atoms with Gasteiger partial charge in [0.25, 0.3) is 0 Å². The molecule has 2 rings (SSSR count). The second-order valence-electron chi connectivity index (χ2n) is 4.09. The van der Waals surface area contributed by atoms with Crippen molar-refractivity contribution in [3.8, 4) is 0 Å². The molecule has 0 saturated heterocycles. The van der Waals surface area contributed by atoms with E-state index in [0.29, 0.717) is 18.2 Å². The molecule has 0 aliphatic rings. The molecule has 0 aliphatic carbocycles. The molecule has 0 atom stereocenters. The van der Waals surface area contributed by atoms with Gasteiger partial charge in [0.2, 0.25) is 5.95 Å². The number of hydrogen-bond donors (Lipinski definition) is 1. The van der Waals surface area contributed by atoms with Gasteiger partial charge < -0.3 is 10.6 Å². The zero-order valence-corrected chi connectivity index (χ0v) is 12.8. The summed E-state index contributed by atoms with van der Waals surface area (Å²) in [5.74, 6) is 0.605. The van der Waals surface area contributed by atoms with Crippen molar-refractivity contribution in [1.82, 2.24) is 9.97 Å². The number of rotatable bonds is 4. The Morgan fingerprint density at radius 1 is 1.32 bits per heavy atom. The molecule has 98 valence electrons. The van der Waals surface area contributed by atoms with E-state index in [4.69, 9.17) is 18.0 Å². The molecular formula is C13H13BrN4S. The summed E-state index contributed by atoms with van der Waals surface area (Å²) in [6.45, 7) is 0.716. The number of halogens is 1. The molecule has 6 heteroatoms. The SMILES string of the molecule is CN(Cc1ccc(Br)cc1)c1nccc(C(N)=S)n1. The molecule has 0 radical (unpaired) electrons. The topological polar surface area (TPSA) is 55.0 Å². The molecule has 0 spiro atoms. The minimum atomic E-state index is 0.278. The van der Waals surface area contributed by atoms with Gasteiger partial charge >= 0.3 is 0 Å². The molecule has 0 saturated carbocycles. The monoisotopic (exact) mass is 336 g/mol. The van der Waals surface area contributed by atoms with Crippen LogP contribution in [0.15, 0.2) is 41.0 Å². The van der Waals surface area contributed by atoms with Crippen LogP contribution in [0.4, 0.5) is 5.95 Å². The summed E-state index contributed by atoms with van der Waals surface area (Å²) >= 11 is 8.33. The third-order valence-corrected chi connectivity index (χ3v) is 3.31. The highest BCUT2D eigenvalue weighted by molar-refractivity contribution is 9.10. The zero-order chi connectivity index (χ0) is 13.8. The number of nitrogens with zero attached hydrogens (tertiary/aromatic N) is 3. The van der Waals surface area contributed by atoms with Crippen LogP contribution >= 0.6 is 28.1 Å². The van der Waals surface area contributed by atoms with Gasteiger partial charge in [0.05, 0.1) is 0 Å². The number of anilines is 1. The van der Waals surface area contributed by atoms with Gasteiger partial charge in [-0.05, 0) is 23.8 Å². The minimum absolute atomic E-state index is 0.278. The van der Waals surface area contributed by atoms with Crippen LogP contribution in [0.2, 0.25) is 0 Å². The maximum absolute atomic E-state index is 5.57. The van der Waals surface area contributed by atoms with E-state index in [2.05, 4.69) is 38.0 Å². The summed E-state index contributed by atoms with van der Waals surface area (Å²) in [7, 11) is 1.93. The first-order valence-electron chi connectivity index (χ1n) is 5.64. The molecule has 2 N–H and O–H groups in total. The van der Waals surface area contributed by atoms with E-state index < -0.39 is 0 Å². The predicted molar refractivity (Wildman–Crippen MR) is 84.2 cm³/mol. The highest BCUT2D eigenvalue weighted by atomic mass is 79.9. The molecule has 19 heavy (non-hydrogen) atoms. The Morgan fingerprint density at radius 2 is 2.00 bits per heavy atom. The van der Waals surface area contributed by atoms with Crippen molar-refractivity contribution in [3.05, 3.63) is 52.3 Å². The van der Waals surface area contributed by atoms with E-state index in [9.17, 15) is 0 Å². The van der Waals surface area contributed by atoms with Gasteiger partial charge in [-0.2, -0.15) is 0 Å². The molecule has 0 fully saturated rings. The lowest BCUT2D eigenvalue weighted by Gasteiger charge is -2.17. The summed E-state index contributed by atoms with van der Waals surface area (Å²) in [5.41, 5.74) is 7.33. The molecule has 0 aliphatic heterocycles. The Hall–Kier alpha value is -1.53. The third-order valence-electron chi connectivity index (χ3n) is 2.57. The first-order chi connectivity index (χ1) is 9.06. The first kappa shape index (κ1) is 13.9. The quantitative estimate of drug-likeness (QED) is 0.869. The summed E-state index contributed by atoms with van der Waals surface area (Å²) in [6, 6.07) is 9.83. The van der Waals surface area contributed by atoms with Gasteiger partial charge in [-0.1, -0.05) is 40.3 Å². The lowest BCUT2D eigenvalue weighted by atomic mass is 10.2. The first-order valence-corrected chi connectivity index (χ1v) is 6.85. The van der Waals surface area contributed by atoms with Crippen LogP contribution in [0.1, 0.15) is 11.3 Å². The second kappa shape index (κ2) is 6.08. The fraction of sp³-hybridized carbons (Fsp3) is 0.154. The summed E-state index contributed by atoms with van der Waals surface area (Å²) in [4.78, 5) is 10.8. The highest BCUT2D eigenvalue weighted by Gasteiger charge is 2.07. The molecular weight excluding hydrogens is 324 g/mol. The van der Waals surface area contributed by atoms with E-state index in [-0.39, 0.29) is 4.99 Å². The Kier molecular flexibility index (Phi) is 4.44. The predicted octanol–water partition coefficient (Wildman–Crippen LogP) is 2.51. The Morgan fingerprint density at radius 3 is 2.63 bits per heavy atom. The Bertz CT molecular complexity index is 585. The molecule has 1 heterocycles. The van der Waals surface area contributed by atoms with Gasteiger partial charge in [-0.25, -0.2) is 9.97 Å². The maximum Gasteiger partial charge on any atom is 0.225 e. The largest absolute Gasteiger partial charge is 0.388 e. The molecule has 1 aromatic carbocycles. The number of hydrogen-bond acceptors (Lipinski definition) is 4. The molecule has 1 aromatic heterocycles. The van der Waals surface area contributed by atoms with Gasteiger partial charge in [0.1, 0.15) is 10.7 Å². The van der Waals surface area contributed by atoms with Crippen LogP contribution < -0.4 is 10.6 Å². The van der Waals surface area contributed by atoms with Crippen LogP contribution in [0.25, 0.3) is 0 Å². The standard InChI is InChI=1S/C13H13BrN4S/c1-18(8-9-2-4-10(14)5-3-9)13-16-7-6-11(17-13)12(15)19/h2-7H,8H2,1H3,(H2,15,19). The van der Waals surface area contributed by atoms with Crippen molar-refractivity contribution in [2.45, 2.75) is 6.54 Å². The fourth-order valence-corrected chi connectivity index (χ4v) is 1.98. The molecule has 4 nitrogen and oxygen atoms in total. The van der Waals surface area contributed by atoms with Crippen molar-refractivity contribution >= 4 is 39.1 Å². The van der Waals surface area contributed by atoms with E-state index >= 15 is 0 Å². The zero-order valence-electron chi connectivity index (χ0n) is 10.4. The van der Waals surface area contributed by atoms with E-state index in [1.165, 1.54) is 5.56 Å². The van der Waals surface area contributed by atoms with Crippen LogP contribution in [0, 0.1) is 0 Å². The van der Waals surface area contributed by atoms with Crippen molar-refractivity contribution in [1.29, 1.82) is 0 Å². The number of nitrogens with two attached hydrogens (primary N) is 1. The van der Waals surface area contributed by atoms with Crippen LogP contribution in [-0.4, -0.2) is 22.0 Å². The normalized spacial score (nSPS) is 10.2. The van der Waals surface area contributed by atoms with Crippen molar-refractivity contribution in [3.63, 3.8) is 0 Å². The number of aromatic nitrogens is 2. The number of thiocarbonyl (C=S) groups is 1. The Balaban J connectivity index is 2.15. The third kappa shape index (κ3) is 3.71. The van der Waals surface area contributed by atoms with E-state index in [1.807, 2.05) is 24.1 Å². The summed E-state index contributed by atoms with van der Waals surface area (Å²) in [6.07, 6.45) is 1.66. The lowest BCUT2D eigenvalue weighted by Crippen LogP contribution is -2.21. The van der Waals surface area contributed by atoms with Crippen molar-refractivity contribution in [2.75, 3.05) is 11.9 Å². The van der Waals surface area contributed by atoms with Gasteiger partial charge in [0.15, 0.2) is 0 Å². The van der Waals surface area contributed by atoms with Crippen LogP contribution in [0.5, 0.6) is 0 Å². The molecule has 0 unspecified atom stereocenters.